The predicted molar refractivity (Wildman–Crippen MR) is 84.9 cm³/mol. The van der Waals surface area contributed by atoms with Crippen molar-refractivity contribution in [3.05, 3.63) is 78.9 Å². The van der Waals surface area contributed by atoms with E-state index in [1.165, 1.54) is 18.3 Å². The molecule has 0 N–H and O–H groups in total. The number of aromatic nitrogens is 3. The number of halogens is 2. The van der Waals surface area contributed by atoms with Crippen molar-refractivity contribution in [3.63, 3.8) is 0 Å². The lowest BCUT2D eigenvalue weighted by Gasteiger charge is -2.10. The van der Waals surface area contributed by atoms with E-state index in [1.54, 1.807) is 53.3 Å². The molecule has 3 aromatic heterocycles. The van der Waals surface area contributed by atoms with Gasteiger partial charge in [0.2, 0.25) is 5.95 Å². The van der Waals surface area contributed by atoms with E-state index >= 15 is 0 Å². The van der Waals surface area contributed by atoms with Gasteiger partial charge in [0.1, 0.15) is 5.52 Å². The van der Waals surface area contributed by atoms with E-state index < -0.39 is 11.8 Å². The molecule has 4 rings (SSSR count). The smallest absolute Gasteiger partial charge is 0.213 e. The van der Waals surface area contributed by atoms with Crippen molar-refractivity contribution < 1.29 is 13.5 Å². The number of hydrogen-bond donors (Lipinski definition) is 0. The summed E-state index contributed by atoms with van der Waals surface area (Å²) in [6, 6.07) is 12.6. The average Bonchev–Trinajstić information content (AvgIpc) is 3.02. The van der Waals surface area contributed by atoms with Gasteiger partial charge in [0.15, 0.2) is 17.3 Å². The zero-order valence-corrected chi connectivity index (χ0v) is 12.4. The Morgan fingerprint density at radius 1 is 0.917 bits per heavy atom. The molecule has 0 aliphatic heterocycles. The number of hydrogen-bond acceptors (Lipinski definition) is 3. The molecule has 24 heavy (non-hydrogen) atoms. The summed E-state index contributed by atoms with van der Waals surface area (Å²) < 4.78 is 34.6. The average molecular weight is 323 g/mol. The largest absolute Gasteiger partial charge is 0.452 e. The summed E-state index contributed by atoms with van der Waals surface area (Å²) in [6.07, 6.45) is 4.68. The molecule has 0 aliphatic carbocycles. The van der Waals surface area contributed by atoms with E-state index in [1.807, 2.05) is 0 Å². The lowest BCUT2D eigenvalue weighted by molar-refractivity contribution is 0.444. The van der Waals surface area contributed by atoms with Gasteiger partial charge in [0, 0.05) is 30.1 Å². The normalized spacial score (nSPS) is 10.9. The molecule has 4 aromatic rings. The van der Waals surface area contributed by atoms with Crippen molar-refractivity contribution >= 4 is 5.52 Å². The maximum atomic E-state index is 13.9. The topological polar surface area (TPSA) is 39.4 Å². The highest BCUT2D eigenvalue weighted by Crippen LogP contribution is 2.34. The molecular formula is C18H11F2N3O. The fourth-order valence-corrected chi connectivity index (χ4v) is 2.55. The van der Waals surface area contributed by atoms with Crippen molar-refractivity contribution in [1.29, 1.82) is 0 Å². The molecule has 1 aromatic carbocycles. The Balaban J connectivity index is 1.88. The molecule has 0 amide bonds. The van der Waals surface area contributed by atoms with Crippen molar-refractivity contribution in [3.8, 4) is 22.6 Å². The fraction of sp³-hybridized carbons (Fsp3) is 0. The first-order valence-electron chi connectivity index (χ1n) is 7.23. The van der Waals surface area contributed by atoms with Crippen LogP contribution in [0.5, 0.6) is 11.5 Å². The highest BCUT2D eigenvalue weighted by atomic mass is 19.1. The Bertz CT molecular complexity index is 1030. The third-order valence-corrected chi connectivity index (χ3v) is 3.61. The molecule has 3 heterocycles. The van der Waals surface area contributed by atoms with Gasteiger partial charge in [-0.15, -0.1) is 0 Å². The first kappa shape index (κ1) is 14.3. The monoisotopic (exact) mass is 323 g/mol. The van der Waals surface area contributed by atoms with Crippen molar-refractivity contribution in [2.75, 3.05) is 0 Å². The molecule has 0 atom stereocenters. The Hall–Kier alpha value is -3.28. The molecular weight excluding hydrogens is 312 g/mol. The molecule has 0 radical (unpaired) electrons. The van der Waals surface area contributed by atoms with Gasteiger partial charge in [-0.1, -0.05) is 12.1 Å². The number of rotatable bonds is 3. The zero-order chi connectivity index (χ0) is 16.5. The number of ether oxygens (including phenoxy) is 1. The number of nitrogens with zero attached hydrogens (tertiary/aromatic N) is 3. The van der Waals surface area contributed by atoms with Gasteiger partial charge >= 0.3 is 0 Å². The standard InChI is InChI=1S/C18H11F2N3O/c19-14-3-1-2-4-15(14)24-16-6-9-22-23-10-7-13(18(16)23)12-5-8-21-17(20)11-12/h1-11H. The summed E-state index contributed by atoms with van der Waals surface area (Å²) in [5, 5.41) is 4.21. The summed E-state index contributed by atoms with van der Waals surface area (Å²) in [7, 11) is 0. The van der Waals surface area contributed by atoms with Crippen molar-refractivity contribution in [2.45, 2.75) is 0 Å². The van der Waals surface area contributed by atoms with Crippen LogP contribution in [0.4, 0.5) is 8.78 Å². The zero-order valence-electron chi connectivity index (χ0n) is 12.4. The molecule has 0 saturated carbocycles. The third-order valence-electron chi connectivity index (χ3n) is 3.61. The van der Waals surface area contributed by atoms with Crippen LogP contribution in [-0.4, -0.2) is 14.6 Å². The van der Waals surface area contributed by atoms with Crippen LogP contribution < -0.4 is 4.74 Å². The van der Waals surface area contributed by atoms with Gasteiger partial charge < -0.3 is 4.74 Å². The highest BCUT2D eigenvalue weighted by molar-refractivity contribution is 5.85. The first-order valence-corrected chi connectivity index (χ1v) is 7.23. The van der Waals surface area contributed by atoms with E-state index in [2.05, 4.69) is 10.1 Å². The Morgan fingerprint density at radius 3 is 2.62 bits per heavy atom. The lowest BCUT2D eigenvalue weighted by atomic mass is 10.1. The van der Waals surface area contributed by atoms with Gasteiger partial charge in [-0.2, -0.15) is 9.49 Å². The third kappa shape index (κ3) is 2.48. The van der Waals surface area contributed by atoms with Crippen molar-refractivity contribution in [1.82, 2.24) is 14.6 Å². The van der Waals surface area contributed by atoms with Crippen LogP contribution in [0.15, 0.2) is 67.1 Å². The second-order valence-electron chi connectivity index (χ2n) is 5.12. The molecule has 0 saturated heterocycles. The van der Waals surface area contributed by atoms with Crippen LogP contribution in [0, 0.1) is 11.8 Å². The molecule has 0 unspecified atom stereocenters. The number of fused-ring (bicyclic) bond motifs is 1. The quantitative estimate of drug-likeness (QED) is 0.522. The molecule has 6 heteroatoms. The number of pyridine rings is 1. The molecule has 0 fully saturated rings. The van der Waals surface area contributed by atoms with Crippen molar-refractivity contribution in [2.24, 2.45) is 0 Å². The summed E-state index contributed by atoms with van der Waals surface area (Å²) in [6.45, 7) is 0. The molecule has 0 bridgehead atoms. The number of benzene rings is 1. The minimum atomic E-state index is -0.577. The summed E-state index contributed by atoms with van der Waals surface area (Å²) in [5.41, 5.74) is 1.97. The van der Waals surface area contributed by atoms with Crippen LogP contribution in [-0.2, 0) is 0 Å². The predicted octanol–water partition coefficient (Wildman–Crippen LogP) is 4.47. The SMILES string of the molecule is Fc1cc(-c2ccn3nccc(Oc4ccccc4F)c23)ccn1. The maximum absolute atomic E-state index is 13.9. The van der Waals surface area contributed by atoms with Crippen LogP contribution in [0.3, 0.4) is 0 Å². The van der Waals surface area contributed by atoms with Gasteiger partial charge in [-0.05, 0) is 29.8 Å². The highest BCUT2D eigenvalue weighted by Gasteiger charge is 2.14. The van der Waals surface area contributed by atoms with E-state index in [4.69, 9.17) is 4.74 Å². The van der Waals surface area contributed by atoms with E-state index in [-0.39, 0.29) is 5.75 Å². The summed E-state index contributed by atoms with van der Waals surface area (Å²) in [4.78, 5) is 3.56. The number of para-hydroxylation sites is 1. The maximum Gasteiger partial charge on any atom is 0.213 e. The Kier molecular flexibility index (Phi) is 3.42. The summed E-state index contributed by atoms with van der Waals surface area (Å²) in [5.74, 6) is -0.506. The van der Waals surface area contributed by atoms with Gasteiger partial charge in [0.05, 0.1) is 6.20 Å². The minimum Gasteiger partial charge on any atom is -0.452 e. The van der Waals surface area contributed by atoms with Crippen LogP contribution in [0.25, 0.3) is 16.6 Å². The Morgan fingerprint density at radius 2 is 1.79 bits per heavy atom. The second kappa shape index (κ2) is 5.73. The van der Waals surface area contributed by atoms with Crippen LogP contribution >= 0.6 is 0 Å². The molecule has 0 aliphatic rings. The van der Waals surface area contributed by atoms with E-state index in [0.29, 0.717) is 16.8 Å². The van der Waals surface area contributed by atoms with Crippen LogP contribution in [0.2, 0.25) is 0 Å². The van der Waals surface area contributed by atoms with E-state index in [0.717, 1.165) is 5.56 Å². The Labute approximate surface area is 136 Å². The van der Waals surface area contributed by atoms with Crippen LogP contribution in [0.1, 0.15) is 0 Å². The molecule has 118 valence electrons. The second-order valence-corrected chi connectivity index (χ2v) is 5.12. The van der Waals surface area contributed by atoms with Gasteiger partial charge in [-0.25, -0.2) is 13.9 Å². The molecule has 0 spiro atoms. The lowest BCUT2D eigenvalue weighted by Crippen LogP contribution is -1.95. The molecule has 4 nitrogen and oxygen atoms in total. The van der Waals surface area contributed by atoms with E-state index in [9.17, 15) is 8.78 Å². The summed E-state index contributed by atoms with van der Waals surface area (Å²) >= 11 is 0. The first-order chi connectivity index (χ1) is 11.7. The minimum absolute atomic E-state index is 0.110. The van der Waals surface area contributed by atoms with Gasteiger partial charge in [0.25, 0.3) is 0 Å². The van der Waals surface area contributed by atoms with Gasteiger partial charge in [-0.3, -0.25) is 0 Å². The fourth-order valence-electron chi connectivity index (χ4n) is 2.55.